The van der Waals surface area contributed by atoms with Crippen molar-refractivity contribution in [3.8, 4) is 0 Å². The van der Waals surface area contributed by atoms with E-state index in [9.17, 15) is 56.7 Å². The largest absolute Gasteiger partial charge is 1.00 e. The summed E-state index contributed by atoms with van der Waals surface area (Å²) in [6, 6.07) is 19.8. The Kier molecular flexibility index (Phi) is 14.7. The number of hydrogen-bond acceptors (Lipinski definition) is 13. The molecule has 0 saturated carbocycles. The second-order valence-corrected chi connectivity index (χ2v) is 18.0. The van der Waals surface area contributed by atoms with Gasteiger partial charge in [0.05, 0.1) is 22.7 Å². The van der Waals surface area contributed by atoms with Crippen molar-refractivity contribution < 1.29 is 105 Å². The molecule has 19 nitrogen and oxygen atoms in total. The van der Waals surface area contributed by atoms with Crippen LogP contribution in [0.1, 0.15) is 11.1 Å². The van der Waals surface area contributed by atoms with E-state index in [2.05, 4.69) is 31.1 Å². The van der Waals surface area contributed by atoms with Gasteiger partial charge in [0.15, 0.2) is 0 Å². The maximum Gasteiger partial charge on any atom is 1.00 e. The Morgan fingerprint density at radius 1 is 0.467 bits per heavy atom. The molecule has 0 heterocycles. The first-order chi connectivity index (χ1) is 27.0. The van der Waals surface area contributed by atoms with Gasteiger partial charge in [0.2, 0.25) is 0 Å². The third-order valence-corrected chi connectivity index (χ3v) is 12.0. The number of anilines is 2. The van der Waals surface area contributed by atoms with E-state index in [0.717, 1.165) is 24.3 Å². The molecule has 0 aliphatic rings. The fourth-order valence-corrected chi connectivity index (χ4v) is 8.66. The van der Waals surface area contributed by atoms with Gasteiger partial charge in [-0.25, -0.2) is 4.79 Å². The monoisotopic (exact) mass is 898 g/mol. The molecule has 0 fully saturated rings. The number of nitrogens with zero attached hydrogens (tertiary/aromatic N) is 4. The van der Waals surface area contributed by atoms with E-state index in [1.54, 1.807) is 26.0 Å². The molecule has 0 atom stereocenters. The topological polar surface area (TPSA) is 308 Å². The number of fused-ring (bicyclic) bond motifs is 2. The summed E-state index contributed by atoms with van der Waals surface area (Å²) in [6.07, 6.45) is 0. The summed E-state index contributed by atoms with van der Waals surface area (Å²) in [4.78, 5) is 10.3. The van der Waals surface area contributed by atoms with Gasteiger partial charge in [-0.1, -0.05) is 24.3 Å². The van der Waals surface area contributed by atoms with E-state index in [1.807, 2.05) is 0 Å². The summed E-state index contributed by atoms with van der Waals surface area (Å²) in [6.45, 7) is 3.28. The van der Waals surface area contributed by atoms with Crippen LogP contribution in [-0.4, -0.2) is 57.9 Å². The number of azo groups is 2. The number of hydrogen-bond donors (Lipinski definition) is 6. The van der Waals surface area contributed by atoms with E-state index < -0.39 is 66.1 Å². The SMILES string of the molecule is Cc1cc(NC(=O)Nc2ccc(N=Nc3cc(S(=O)(=O)O)c4cccc(S(=O)(=O)O)c4c3)c(C)c2)ccc1N=Nc1cc(S(=O)(=O)O)c2cccc(S(=O)(=O)O)c2c1.[Li+].[Na+]. The Bertz CT molecular complexity index is 3030. The van der Waals surface area contributed by atoms with E-state index in [0.29, 0.717) is 22.5 Å². The standard InChI is InChI=1S/C35H28N6O13S4.Li.Na/c1-19-13-21(9-11-29(19)40-38-23-15-27-25(33(17-23)57(49,50)51)5-3-7-31(27)55(43,44)45)36-35(42)37-22-10-12-30(20(2)14-22)41-39-24-16-28-26(34(18-24)58(52,53)54)6-4-8-32(28)56(46,47)48;;/h3-18H,1-2H3,(H2,36,37,42)(H,43,44,45)(H,46,47,48)(H,49,50,51)(H,52,53,54);;/q;2*+1. The fraction of sp³-hybridized carbons (Fsp3) is 0.0571. The molecule has 0 spiro atoms. The number of benzene rings is 6. The molecule has 0 aliphatic heterocycles. The van der Waals surface area contributed by atoms with Crippen LogP contribution in [0.3, 0.4) is 0 Å². The van der Waals surface area contributed by atoms with Crippen molar-refractivity contribution in [2.75, 3.05) is 10.6 Å². The Labute approximate surface area is 376 Å². The Morgan fingerprint density at radius 2 is 0.817 bits per heavy atom. The summed E-state index contributed by atoms with van der Waals surface area (Å²) in [5.41, 5.74) is 1.93. The predicted molar refractivity (Wildman–Crippen MR) is 211 cm³/mol. The van der Waals surface area contributed by atoms with Crippen LogP contribution >= 0.6 is 0 Å². The third-order valence-electron chi connectivity index (χ3n) is 8.37. The molecular weight excluding hydrogens is 871 g/mol. The van der Waals surface area contributed by atoms with Crippen LogP contribution in [0.15, 0.2) is 137 Å². The minimum atomic E-state index is -4.86. The minimum Gasteiger partial charge on any atom is -0.308 e. The van der Waals surface area contributed by atoms with Gasteiger partial charge in [-0.05, 0) is 97.8 Å². The molecule has 0 saturated heterocycles. The van der Waals surface area contributed by atoms with Crippen molar-refractivity contribution in [1.82, 2.24) is 0 Å². The van der Waals surface area contributed by atoms with Gasteiger partial charge < -0.3 is 10.6 Å². The van der Waals surface area contributed by atoms with Crippen molar-refractivity contribution in [3.63, 3.8) is 0 Å². The van der Waals surface area contributed by atoms with Crippen LogP contribution in [0.2, 0.25) is 0 Å². The molecule has 25 heteroatoms. The van der Waals surface area contributed by atoms with Gasteiger partial charge >= 0.3 is 54.4 Å². The average molecular weight is 899 g/mol. The van der Waals surface area contributed by atoms with Crippen molar-refractivity contribution >= 4 is 102 Å². The van der Waals surface area contributed by atoms with Crippen LogP contribution in [-0.2, 0) is 40.5 Å². The smallest absolute Gasteiger partial charge is 0.308 e. The van der Waals surface area contributed by atoms with Crippen molar-refractivity contribution in [3.05, 3.63) is 108 Å². The van der Waals surface area contributed by atoms with Gasteiger partial charge in [0, 0.05) is 32.9 Å². The Balaban J connectivity index is 0.00000397. The fourth-order valence-electron chi connectivity index (χ4n) is 5.82. The van der Waals surface area contributed by atoms with Gasteiger partial charge in [0.1, 0.15) is 19.6 Å². The number of aryl methyl sites for hydroxylation is 2. The van der Waals surface area contributed by atoms with Crippen molar-refractivity contribution in [2.24, 2.45) is 20.5 Å². The molecule has 0 aromatic heterocycles. The molecular formula is C35H28LiN6NaO13S4+2. The van der Waals surface area contributed by atoms with Gasteiger partial charge in [-0.15, -0.1) is 0 Å². The normalized spacial score (nSPS) is 12.4. The summed E-state index contributed by atoms with van der Waals surface area (Å²) in [5, 5.41) is 20.7. The van der Waals surface area contributed by atoms with Crippen LogP contribution in [0.5, 0.6) is 0 Å². The average Bonchev–Trinajstić information content (AvgIpc) is 3.11. The maximum absolute atomic E-state index is 12.9. The van der Waals surface area contributed by atoms with Gasteiger partial charge in [-0.2, -0.15) is 54.1 Å². The summed E-state index contributed by atoms with van der Waals surface area (Å²) in [7, 11) is -19.3. The molecule has 300 valence electrons. The van der Waals surface area contributed by atoms with E-state index in [4.69, 9.17) is 0 Å². The predicted octanol–water partition coefficient (Wildman–Crippen LogP) is 2.08. The van der Waals surface area contributed by atoms with Crippen molar-refractivity contribution in [2.45, 2.75) is 33.4 Å². The first-order valence-corrected chi connectivity index (χ1v) is 21.9. The maximum atomic E-state index is 12.9. The van der Waals surface area contributed by atoms with Crippen LogP contribution in [0.25, 0.3) is 21.5 Å². The van der Waals surface area contributed by atoms with Crippen LogP contribution in [0.4, 0.5) is 38.9 Å². The summed E-state index contributed by atoms with van der Waals surface area (Å²) < 4.78 is 135. The number of rotatable bonds is 10. The van der Waals surface area contributed by atoms with Gasteiger partial charge in [0.25, 0.3) is 40.5 Å². The molecule has 6 N–H and O–H groups in total. The Hall–Kier alpha value is -4.45. The van der Waals surface area contributed by atoms with Crippen LogP contribution in [0, 0.1) is 13.8 Å². The molecule has 2 amide bonds. The quantitative estimate of drug-likeness (QED) is 0.0653. The summed E-state index contributed by atoms with van der Waals surface area (Å²) in [5.74, 6) is 0. The zero-order chi connectivity index (χ0) is 42.4. The molecule has 0 unspecified atom stereocenters. The van der Waals surface area contributed by atoms with Gasteiger partial charge in [-0.3, -0.25) is 18.2 Å². The molecule has 6 aromatic carbocycles. The Morgan fingerprint density at radius 3 is 1.13 bits per heavy atom. The molecule has 60 heavy (non-hydrogen) atoms. The number of urea groups is 1. The van der Waals surface area contributed by atoms with Crippen LogP contribution < -0.4 is 59.1 Å². The molecule has 0 bridgehead atoms. The zero-order valence-electron chi connectivity index (χ0n) is 31.6. The molecule has 6 rings (SSSR count). The number of carbonyl (C=O) groups excluding carboxylic acids is 1. The third kappa shape index (κ3) is 11.1. The van der Waals surface area contributed by atoms with E-state index >= 15 is 0 Å². The van der Waals surface area contributed by atoms with E-state index in [-0.39, 0.29) is 92.7 Å². The first kappa shape index (κ1) is 48.2. The molecule has 0 radical (unpaired) electrons. The number of amides is 2. The second-order valence-electron chi connectivity index (χ2n) is 12.5. The molecule has 0 aliphatic carbocycles. The zero-order valence-corrected chi connectivity index (χ0v) is 36.9. The van der Waals surface area contributed by atoms with E-state index in [1.165, 1.54) is 60.7 Å². The summed E-state index contributed by atoms with van der Waals surface area (Å²) >= 11 is 0. The second kappa shape index (κ2) is 18.3. The number of carbonyl (C=O) groups is 1. The number of nitrogens with one attached hydrogen (secondary N) is 2. The molecule has 6 aromatic rings. The minimum absolute atomic E-state index is 0. The first-order valence-electron chi connectivity index (χ1n) is 16.2. The van der Waals surface area contributed by atoms with Crippen molar-refractivity contribution in [1.29, 1.82) is 0 Å².